The van der Waals surface area contributed by atoms with Crippen LogP contribution in [0.3, 0.4) is 0 Å². The van der Waals surface area contributed by atoms with E-state index >= 15 is 0 Å². The lowest BCUT2D eigenvalue weighted by atomic mass is 9.75. The smallest absolute Gasteiger partial charge is 0.338 e. The van der Waals surface area contributed by atoms with Crippen LogP contribution in [0.25, 0.3) is 0 Å². The van der Waals surface area contributed by atoms with E-state index in [9.17, 15) is 24.3 Å². The zero-order chi connectivity index (χ0) is 29.1. The monoisotopic (exact) mass is 540 g/mol. The highest BCUT2D eigenvalue weighted by molar-refractivity contribution is 5.89. The second-order valence-corrected chi connectivity index (χ2v) is 11.5. The van der Waals surface area contributed by atoms with Gasteiger partial charge < -0.3 is 19.3 Å². The number of ether oxygens (including phenoxy) is 3. The van der Waals surface area contributed by atoms with Gasteiger partial charge in [-0.3, -0.25) is 14.4 Å². The van der Waals surface area contributed by atoms with Crippen LogP contribution < -0.4 is 0 Å². The standard InChI is InChI=1S/C31H40O8/c1-18-13-14-30(6,7)26(35)16-25(34)19(2)15-24-27(38-29(36)23-11-9-8-10-12-23)20(3)17-31(24,39-22(5)33)28(18)37-21(4)32/h8-15,18,20,24-25,27-28,34H,16-17H2,1-7H3/t18-,20-,24+,25-,27+,28+,31-/m1/s1. The number of aliphatic hydroxyl groups is 1. The lowest BCUT2D eigenvalue weighted by molar-refractivity contribution is -0.195. The van der Waals surface area contributed by atoms with Crippen molar-refractivity contribution in [1.82, 2.24) is 0 Å². The number of hydrogen-bond donors (Lipinski definition) is 1. The quantitative estimate of drug-likeness (QED) is 0.335. The summed E-state index contributed by atoms with van der Waals surface area (Å²) < 4.78 is 18.0. The Morgan fingerprint density at radius 3 is 2.23 bits per heavy atom. The van der Waals surface area contributed by atoms with Gasteiger partial charge in [-0.1, -0.05) is 50.3 Å². The van der Waals surface area contributed by atoms with Crippen molar-refractivity contribution >= 4 is 23.7 Å². The summed E-state index contributed by atoms with van der Waals surface area (Å²) in [5, 5.41) is 11.0. The molecule has 0 aromatic heterocycles. The van der Waals surface area contributed by atoms with Crippen LogP contribution in [-0.2, 0) is 28.6 Å². The van der Waals surface area contributed by atoms with Crippen LogP contribution in [-0.4, -0.2) is 52.7 Å². The Hall–Kier alpha value is -3.26. The summed E-state index contributed by atoms with van der Waals surface area (Å²) in [6, 6.07) is 8.56. The predicted octanol–water partition coefficient (Wildman–Crippen LogP) is 4.60. The average Bonchev–Trinajstić information content (AvgIpc) is 3.10. The number of rotatable bonds is 4. The van der Waals surface area contributed by atoms with Crippen LogP contribution in [0.15, 0.2) is 54.1 Å². The molecule has 212 valence electrons. The van der Waals surface area contributed by atoms with Crippen molar-refractivity contribution in [3.05, 3.63) is 59.7 Å². The van der Waals surface area contributed by atoms with Gasteiger partial charge in [0.25, 0.3) is 0 Å². The number of esters is 3. The Morgan fingerprint density at radius 2 is 1.64 bits per heavy atom. The third-order valence-corrected chi connectivity index (χ3v) is 7.84. The molecule has 8 nitrogen and oxygen atoms in total. The van der Waals surface area contributed by atoms with Crippen molar-refractivity contribution in [1.29, 1.82) is 0 Å². The van der Waals surface area contributed by atoms with Gasteiger partial charge in [-0.05, 0) is 50.8 Å². The maximum atomic E-state index is 13.2. The summed E-state index contributed by atoms with van der Waals surface area (Å²) in [7, 11) is 0. The topological polar surface area (TPSA) is 116 Å². The lowest BCUT2D eigenvalue weighted by Gasteiger charge is -2.43. The maximum absolute atomic E-state index is 13.2. The van der Waals surface area contributed by atoms with E-state index in [2.05, 4.69) is 0 Å². The fraction of sp³-hybridized carbons (Fsp3) is 0.548. The molecule has 1 saturated carbocycles. The number of allylic oxidation sites excluding steroid dienone is 1. The Kier molecular flexibility index (Phi) is 9.21. The number of benzene rings is 1. The highest BCUT2D eigenvalue weighted by Crippen LogP contribution is 2.51. The molecule has 1 aromatic rings. The number of Topliss-reactive ketones (excluding diaryl/α,β-unsaturated/α-hetero) is 1. The summed E-state index contributed by atoms with van der Waals surface area (Å²) in [4.78, 5) is 51.2. The second kappa shape index (κ2) is 11.9. The van der Waals surface area contributed by atoms with E-state index in [1.807, 2.05) is 13.8 Å². The average molecular weight is 541 g/mol. The minimum atomic E-state index is -1.41. The highest BCUT2D eigenvalue weighted by atomic mass is 16.6. The fourth-order valence-corrected chi connectivity index (χ4v) is 5.73. The maximum Gasteiger partial charge on any atom is 0.338 e. The largest absolute Gasteiger partial charge is 0.458 e. The van der Waals surface area contributed by atoms with Crippen molar-refractivity contribution in [2.75, 3.05) is 0 Å². The van der Waals surface area contributed by atoms with Crippen LogP contribution in [0.2, 0.25) is 0 Å². The third-order valence-electron chi connectivity index (χ3n) is 7.84. The van der Waals surface area contributed by atoms with Crippen LogP contribution in [0, 0.1) is 23.2 Å². The van der Waals surface area contributed by atoms with E-state index in [0.29, 0.717) is 11.1 Å². The number of hydrogen-bond acceptors (Lipinski definition) is 8. The molecule has 0 bridgehead atoms. The van der Waals surface area contributed by atoms with Crippen molar-refractivity contribution in [2.45, 2.75) is 85.2 Å². The molecule has 7 atom stereocenters. The molecular weight excluding hydrogens is 500 g/mol. The minimum absolute atomic E-state index is 0.112. The van der Waals surface area contributed by atoms with E-state index in [1.165, 1.54) is 13.8 Å². The first-order valence-corrected chi connectivity index (χ1v) is 13.4. The molecule has 1 fully saturated rings. The first-order valence-electron chi connectivity index (χ1n) is 13.4. The van der Waals surface area contributed by atoms with Gasteiger partial charge in [0.05, 0.1) is 17.6 Å². The van der Waals surface area contributed by atoms with Gasteiger partial charge in [0.2, 0.25) is 0 Å². The minimum Gasteiger partial charge on any atom is -0.458 e. The van der Waals surface area contributed by atoms with Gasteiger partial charge in [-0.25, -0.2) is 4.79 Å². The zero-order valence-corrected chi connectivity index (χ0v) is 23.8. The third kappa shape index (κ3) is 6.67. The zero-order valence-electron chi connectivity index (χ0n) is 23.8. The van der Waals surface area contributed by atoms with Gasteiger partial charge in [0.1, 0.15) is 18.0 Å². The van der Waals surface area contributed by atoms with Gasteiger partial charge in [-0.2, -0.15) is 0 Å². The molecule has 8 heteroatoms. The number of fused-ring (bicyclic) bond motifs is 1. The Bertz CT molecular complexity index is 1150. The van der Waals surface area contributed by atoms with E-state index in [-0.39, 0.29) is 24.5 Å². The summed E-state index contributed by atoms with van der Waals surface area (Å²) in [6.07, 6.45) is 2.53. The van der Waals surface area contributed by atoms with Crippen molar-refractivity contribution in [2.24, 2.45) is 23.2 Å². The number of carbonyl (C=O) groups is 4. The molecule has 2 aliphatic carbocycles. The van der Waals surface area contributed by atoms with Crippen molar-refractivity contribution in [3.63, 3.8) is 0 Å². The molecule has 0 amide bonds. The molecule has 0 radical (unpaired) electrons. The first-order chi connectivity index (χ1) is 18.2. The van der Waals surface area contributed by atoms with E-state index in [1.54, 1.807) is 69.3 Å². The highest BCUT2D eigenvalue weighted by Gasteiger charge is 2.62. The molecule has 0 spiro atoms. The molecule has 3 rings (SSSR count). The normalized spacial score (nSPS) is 32.6. The fourth-order valence-electron chi connectivity index (χ4n) is 5.73. The molecule has 2 aliphatic rings. The summed E-state index contributed by atoms with van der Waals surface area (Å²) in [5.74, 6) is -3.40. The molecule has 0 unspecified atom stereocenters. The second-order valence-electron chi connectivity index (χ2n) is 11.5. The molecule has 0 aliphatic heterocycles. The van der Waals surface area contributed by atoms with Crippen molar-refractivity contribution < 1.29 is 38.5 Å². The molecule has 0 heterocycles. The van der Waals surface area contributed by atoms with Crippen molar-refractivity contribution in [3.8, 4) is 0 Å². The van der Waals surface area contributed by atoms with Crippen LogP contribution >= 0.6 is 0 Å². The molecule has 39 heavy (non-hydrogen) atoms. The van der Waals surface area contributed by atoms with Gasteiger partial charge in [-0.15, -0.1) is 0 Å². The summed E-state index contributed by atoms with van der Waals surface area (Å²) in [6.45, 7) is 11.5. The predicted molar refractivity (Wildman–Crippen MR) is 144 cm³/mol. The SMILES string of the molecule is CC(=O)O[C@H]1[C@H](C)C=CC(C)(C)C(=O)C[C@@H](O)C(C)=C[C@H]2[C@@H](OC(=O)c3ccccc3)[C@H](C)C[C@@]21OC(C)=O. The van der Waals surface area contributed by atoms with Crippen LogP contribution in [0.5, 0.6) is 0 Å². The van der Waals surface area contributed by atoms with Crippen LogP contribution in [0.4, 0.5) is 0 Å². The molecule has 1 aromatic carbocycles. The first kappa shape index (κ1) is 30.3. The Morgan fingerprint density at radius 1 is 1.00 bits per heavy atom. The molecule has 0 saturated heterocycles. The van der Waals surface area contributed by atoms with Crippen LogP contribution in [0.1, 0.15) is 71.7 Å². The number of carbonyl (C=O) groups excluding carboxylic acids is 4. The molecular formula is C31H40O8. The Labute approximate surface area is 230 Å². The van der Waals surface area contributed by atoms with E-state index < -0.39 is 59.1 Å². The van der Waals surface area contributed by atoms with E-state index in [0.717, 1.165) is 0 Å². The number of aliphatic hydroxyl groups excluding tert-OH is 1. The Balaban J connectivity index is 2.23. The molecule has 1 N–H and O–H groups in total. The summed E-state index contributed by atoms with van der Waals surface area (Å²) >= 11 is 0. The summed E-state index contributed by atoms with van der Waals surface area (Å²) in [5.41, 5.74) is -1.46. The number of ketones is 1. The lowest BCUT2D eigenvalue weighted by Crippen LogP contribution is -2.55. The van der Waals surface area contributed by atoms with Gasteiger partial charge in [0.15, 0.2) is 5.60 Å². The van der Waals surface area contributed by atoms with Gasteiger partial charge in [0, 0.05) is 31.6 Å². The van der Waals surface area contributed by atoms with Gasteiger partial charge >= 0.3 is 17.9 Å². The van der Waals surface area contributed by atoms with E-state index in [4.69, 9.17) is 14.2 Å².